The summed E-state index contributed by atoms with van der Waals surface area (Å²) < 4.78 is 2.61. The topological polar surface area (TPSA) is 0 Å². The lowest BCUT2D eigenvalue weighted by Crippen LogP contribution is -1.73. The number of hydrogen-bond acceptors (Lipinski definition) is 0. The first kappa shape index (κ1) is 15.9. The standard InChI is InChI=1S/C4H8Br2.C3H6I2/c5-3-1-2-4-6;4-2-1-3-5/h1-4H2;1-3H2. The Morgan fingerprint density at radius 1 is 0.727 bits per heavy atom. The van der Waals surface area contributed by atoms with E-state index in [0.29, 0.717) is 0 Å². The highest BCUT2D eigenvalue weighted by Gasteiger charge is 1.77. The van der Waals surface area contributed by atoms with Crippen LogP contribution < -0.4 is 0 Å². The monoisotopic (exact) mass is 510 g/mol. The van der Waals surface area contributed by atoms with Crippen LogP contribution >= 0.6 is 77.0 Å². The molecule has 0 atom stereocenters. The first-order valence-corrected chi connectivity index (χ1v) is 8.86. The Hall–Kier alpha value is 2.42. The van der Waals surface area contributed by atoms with Gasteiger partial charge in [0.1, 0.15) is 0 Å². The quantitative estimate of drug-likeness (QED) is 0.283. The molecule has 11 heavy (non-hydrogen) atoms. The average Bonchev–Trinajstić information content (AvgIpc) is 2.04. The second-order valence-electron chi connectivity index (χ2n) is 1.82. The van der Waals surface area contributed by atoms with E-state index in [0.717, 1.165) is 10.7 Å². The van der Waals surface area contributed by atoms with Gasteiger partial charge in [0.15, 0.2) is 0 Å². The maximum Gasteiger partial charge on any atom is 0.00315 e. The Morgan fingerprint density at radius 3 is 1.18 bits per heavy atom. The second kappa shape index (κ2) is 18.3. The largest absolute Gasteiger partial charge is 0.0928 e. The summed E-state index contributed by atoms with van der Waals surface area (Å²) >= 11 is 11.4. The van der Waals surface area contributed by atoms with Gasteiger partial charge in [-0.3, -0.25) is 0 Å². The summed E-state index contributed by atoms with van der Waals surface area (Å²) in [6.07, 6.45) is 3.93. The van der Waals surface area contributed by atoms with E-state index in [2.05, 4.69) is 77.0 Å². The minimum absolute atomic E-state index is 1.14. The molecule has 4 heteroatoms. The molecule has 0 aromatic rings. The lowest BCUT2D eigenvalue weighted by molar-refractivity contribution is 0.919. The Labute approximate surface area is 114 Å². The van der Waals surface area contributed by atoms with Gasteiger partial charge >= 0.3 is 0 Å². The van der Waals surface area contributed by atoms with Gasteiger partial charge in [-0.15, -0.1) is 0 Å². The van der Waals surface area contributed by atoms with E-state index in [9.17, 15) is 0 Å². The van der Waals surface area contributed by atoms with Crippen LogP contribution in [0.25, 0.3) is 0 Å². The molecule has 0 fully saturated rings. The lowest BCUT2D eigenvalue weighted by atomic mass is 10.4. The van der Waals surface area contributed by atoms with Crippen molar-refractivity contribution in [3.63, 3.8) is 0 Å². The van der Waals surface area contributed by atoms with Gasteiger partial charge in [0.2, 0.25) is 0 Å². The molecular weight excluding hydrogens is 498 g/mol. The zero-order valence-electron chi connectivity index (χ0n) is 6.46. The highest BCUT2D eigenvalue weighted by molar-refractivity contribution is 14.1. The van der Waals surface area contributed by atoms with Crippen molar-refractivity contribution in [2.75, 3.05) is 19.5 Å². The molecule has 0 amide bonds. The molecule has 0 spiro atoms. The maximum absolute atomic E-state index is 3.33. The molecule has 0 aromatic carbocycles. The third-order valence-electron chi connectivity index (χ3n) is 0.785. The third-order valence-corrected chi connectivity index (χ3v) is 3.43. The van der Waals surface area contributed by atoms with Gasteiger partial charge in [0, 0.05) is 19.5 Å². The number of hydrogen-bond donors (Lipinski definition) is 0. The molecule has 0 aliphatic carbocycles. The maximum atomic E-state index is 3.33. The fourth-order valence-corrected chi connectivity index (χ4v) is 3.25. The number of unbranched alkanes of at least 4 members (excludes halogenated alkanes) is 1. The molecule has 0 N–H and O–H groups in total. The van der Waals surface area contributed by atoms with Crippen LogP contribution in [0.2, 0.25) is 0 Å². The summed E-state index contributed by atoms with van der Waals surface area (Å²) in [4.78, 5) is 0. The van der Waals surface area contributed by atoms with Crippen LogP contribution in [0, 0.1) is 0 Å². The van der Waals surface area contributed by atoms with E-state index in [-0.39, 0.29) is 0 Å². The summed E-state index contributed by atoms with van der Waals surface area (Å²) in [7, 11) is 0. The number of halogens is 4. The fraction of sp³-hybridized carbons (Fsp3) is 1.00. The van der Waals surface area contributed by atoms with Crippen molar-refractivity contribution in [2.24, 2.45) is 0 Å². The van der Waals surface area contributed by atoms with E-state index in [4.69, 9.17) is 0 Å². The highest BCUT2D eigenvalue weighted by atomic mass is 127. The zero-order chi connectivity index (χ0) is 8.95. The van der Waals surface area contributed by atoms with Gasteiger partial charge in [-0.05, 0) is 19.3 Å². The van der Waals surface area contributed by atoms with Crippen LogP contribution in [-0.2, 0) is 0 Å². The lowest BCUT2D eigenvalue weighted by Gasteiger charge is -1.83. The molecule has 0 rings (SSSR count). The summed E-state index contributed by atoms with van der Waals surface area (Å²) in [6, 6.07) is 0. The minimum Gasteiger partial charge on any atom is -0.0928 e. The van der Waals surface area contributed by atoms with Crippen molar-refractivity contribution in [1.29, 1.82) is 0 Å². The molecule has 70 valence electrons. The SMILES string of the molecule is BrCCCCBr.ICCCI. The normalized spacial score (nSPS) is 8.73. The third kappa shape index (κ3) is 24.5. The van der Waals surface area contributed by atoms with Gasteiger partial charge in [-0.25, -0.2) is 0 Å². The Morgan fingerprint density at radius 2 is 1.09 bits per heavy atom. The van der Waals surface area contributed by atoms with Crippen molar-refractivity contribution >= 4 is 77.0 Å². The molecule has 0 saturated carbocycles. The molecule has 0 heterocycles. The van der Waals surface area contributed by atoms with Crippen molar-refractivity contribution in [3.05, 3.63) is 0 Å². The van der Waals surface area contributed by atoms with Crippen LogP contribution in [0.4, 0.5) is 0 Å². The second-order valence-corrected chi connectivity index (χ2v) is 5.56. The van der Waals surface area contributed by atoms with Gasteiger partial charge in [-0.2, -0.15) is 0 Å². The van der Waals surface area contributed by atoms with Crippen molar-refractivity contribution in [3.8, 4) is 0 Å². The van der Waals surface area contributed by atoms with E-state index in [1.807, 2.05) is 0 Å². The van der Waals surface area contributed by atoms with Crippen LogP contribution in [0.3, 0.4) is 0 Å². The van der Waals surface area contributed by atoms with Crippen LogP contribution in [0.1, 0.15) is 19.3 Å². The minimum atomic E-state index is 1.14. The Kier molecular flexibility index (Phi) is 26.3. The smallest absolute Gasteiger partial charge is 0.00315 e. The molecule has 0 aromatic heterocycles. The Bertz CT molecular complexity index is 47.7. The molecule has 0 bridgehead atoms. The van der Waals surface area contributed by atoms with Gasteiger partial charge in [-0.1, -0.05) is 77.0 Å². The molecule has 0 radical (unpaired) electrons. The molecular formula is C7H14Br2I2. The summed E-state index contributed by atoms with van der Waals surface area (Å²) in [5.41, 5.74) is 0. The Balaban J connectivity index is 0. The van der Waals surface area contributed by atoms with Gasteiger partial charge < -0.3 is 0 Å². The van der Waals surface area contributed by atoms with E-state index >= 15 is 0 Å². The van der Waals surface area contributed by atoms with Crippen LogP contribution in [0.5, 0.6) is 0 Å². The first-order chi connectivity index (χ1) is 5.33. The zero-order valence-corrected chi connectivity index (χ0v) is 13.9. The molecule has 0 nitrogen and oxygen atoms in total. The number of alkyl halides is 4. The molecule has 0 aliphatic heterocycles. The van der Waals surface area contributed by atoms with E-state index in [1.54, 1.807) is 0 Å². The predicted octanol–water partition coefficient (Wildman–Crippen LogP) is 4.80. The van der Waals surface area contributed by atoms with Crippen molar-refractivity contribution in [2.45, 2.75) is 19.3 Å². The molecule has 0 saturated heterocycles. The van der Waals surface area contributed by atoms with E-state index in [1.165, 1.54) is 28.1 Å². The number of rotatable bonds is 5. The van der Waals surface area contributed by atoms with Crippen molar-refractivity contribution in [1.82, 2.24) is 0 Å². The predicted molar refractivity (Wildman–Crippen MR) is 79.2 cm³/mol. The van der Waals surface area contributed by atoms with Gasteiger partial charge in [0.05, 0.1) is 0 Å². The van der Waals surface area contributed by atoms with Crippen LogP contribution in [0.15, 0.2) is 0 Å². The van der Waals surface area contributed by atoms with E-state index < -0.39 is 0 Å². The summed E-state index contributed by atoms with van der Waals surface area (Å²) in [6.45, 7) is 0. The van der Waals surface area contributed by atoms with Crippen LogP contribution in [-0.4, -0.2) is 19.5 Å². The summed E-state index contributed by atoms with van der Waals surface area (Å²) in [5.74, 6) is 0. The molecule has 0 unspecified atom stereocenters. The van der Waals surface area contributed by atoms with Crippen molar-refractivity contribution < 1.29 is 0 Å². The molecule has 0 aliphatic rings. The fourth-order valence-electron chi connectivity index (χ4n) is 0.239. The highest BCUT2D eigenvalue weighted by Crippen LogP contribution is 1.95. The summed E-state index contributed by atoms with van der Waals surface area (Å²) in [5, 5.41) is 2.28. The van der Waals surface area contributed by atoms with Gasteiger partial charge in [0.25, 0.3) is 0 Å². The average molecular weight is 512 g/mol. The first-order valence-electron chi connectivity index (χ1n) is 3.57.